The largest absolute Gasteiger partial charge is 0.467 e. The number of rotatable bonds is 17. The molecule has 0 N–H and O–H groups in total. The lowest BCUT2D eigenvalue weighted by Gasteiger charge is -2.30. The molecule has 0 bridgehead atoms. The van der Waals surface area contributed by atoms with Crippen LogP contribution in [-0.4, -0.2) is 35.9 Å². The number of hydrogen-bond acceptors (Lipinski definition) is 5. The van der Waals surface area contributed by atoms with Gasteiger partial charge >= 0.3 is 5.97 Å². The summed E-state index contributed by atoms with van der Waals surface area (Å²) in [4.78, 5) is 39.3. The maximum absolute atomic E-state index is 13.2. The minimum absolute atomic E-state index is 0.0134. The van der Waals surface area contributed by atoms with Crippen molar-refractivity contribution in [3.8, 4) is 0 Å². The fraction of sp³-hybridized carbons (Fsp3) is 0.679. The third-order valence-electron chi connectivity index (χ3n) is 6.35. The smallest absolute Gasteiger partial charge is 0.328 e. The Morgan fingerprint density at radius 1 is 0.943 bits per heavy atom. The van der Waals surface area contributed by atoms with Gasteiger partial charge in [-0.3, -0.25) is 14.5 Å². The molecule has 1 unspecified atom stereocenters. The molecule has 0 aromatic heterocycles. The first-order chi connectivity index (χ1) is 16.7. The second-order valence-corrected chi connectivity index (χ2v) is 10.7. The number of carbonyl (C=O) groups is 3. The summed E-state index contributed by atoms with van der Waals surface area (Å²) in [7, 11) is 1.30. The molecule has 1 aromatic carbocycles. The van der Waals surface area contributed by atoms with Crippen molar-refractivity contribution < 1.29 is 19.1 Å². The third-order valence-corrected chi connectivity index (χ3v) is 7.67. The number of thioether (sulfide) groups is 1. The zero-order chi connectivity index (χ0) is 26.2. The molecule has 1 amide bonds. The van der Waals surface area contributed by atoms with Gasteiger partial charge in [0, 0.05) is 11.4 Å². The normalized spacial score (nSPS) is 11.8. The van der Waals surface area contributed by atoms with E-state index in [1.807, 2.05) is 19.9 Å². The molecule has 5 nitrogen and oxygen atoms in total. The third kappa shape index (κ3) is 11.4. The van der Waals surface area contributed by atoms with Crippen LogP contribution in [0.1, 0.15) is 102 Å². The second kappa shape index (κ2) is 17.8. The van der Waals surface area contributed by atoms with Crippen LogP contribution < -0.4 is 4.90 Å². The van der Waals surface area contributed by atoms with Gasteiger partial charge in [0.05, 0.1) is 18.6 Å². The SMILES string of the molecule is CCCCCCCCCCCCCC(=O)SCC(=O)N(c1c(C)ccc(Cl)c1C)C(C)C(=O)OC. The van der Waals surface area contributed by atoms with Crippen LogP contribution in [0.25, 0.3) is 0 Å². The van der Waals surface area contributed by atoms with Gasteiger partial charge in [0.25, 0.3) is 0 Å². The Bertz CT molecular complexity index is 814. The van der Waals surface area contributed by atoms with E-state index < -0.39 is 12.0 Å². The molecule has 0 fully saturated rings. The molecule has 7 heteroatoms. The summed E-state index contributed by atoms with van der Waals surface area (Å²) in [5, 5.41) is 0.528. The standard InChI is InChI=1S/C28H44ClNO4S/c1-6-7-8-9-10-11-12-13-14-15-16-17-26(32)35-20-25(31)30(23(4)28(33)34-5)27-21(2)18-19-24(29)22(27)3/h18-19,23H,6-17,20H2,1-5H3. The van der Waals surface area contributed by atoms with Crippen LogP contribution in [0, 0.1) is 13.8 Å². The molecular weight excluding hydrogens is 482 g/mol. The Hall–Kier alpha value is -1.53. The molecule has 198 valence electrons. The molecule has 1 aromatic rings. The fourth-order valence-corrected chi connectivity index (χ4v) is 5.07. The van der Waals surface area contributed by atoms with Crippen molar-refractivity contribution in [2.75, 3.05) is 17.8 Å². The van der Waals surface area contributed by atoms with Crippen LogP contribution in [0.3, 0.4) is 0 Å². The lowest BCUT2D eigenvalue weighted by atomic mass is 10.1. The number of ether oxygens (including phenoxy) is 1. The van der Waals surface area contributed by atoms with E-state index in [0.717, 1.165) is 36.6 Å². The van der Waals surface area contributed by atoms with Crippen molar-refractivity contribution in [1.82, 2.24) is 0 Å². The minimum atomic E-state index is -0.828. The zero-order valence-corrected chi connectivity index (χ0v) is 23.9. The molecule has 0 aliphatic carbocycles. The number of carbonyl (C=O) groups excluding carboxylic acids is 3. The van der Waals surface area contributed by atoms with E-state index in [9.17, 15) is 14.4 Å². The summed E-state index contributed by atoms with van der Waals surface area (Å²) >= 11 is 7.33. The predicted octanol–water partition coefficient (Wildman–Crippen LogP) is 7.81. The topological polar surface area (TPSA) is 63.7 Å². The molecule has 1 rings (SSSR count). The zero-order valence-electron chi connectivity index (χ0n) is 22.3. The number of hydrogen-bond donors (Lipinski definition) is 0. The predicted molar refractivity (Wildman–Crippen MR) is 148 cm³/mol. The maximum atomic E-state index is 13.2. The number of amides is 1. The van der Waals surface area contributed by atoms with Gasteiger partial charge in [-0.2, -0.15) is 0 Å². The number of nitrogens with zero attached hydrogens (tertiary/aromatic N) is 1. The summed E-state index contributed by atoms with van der Waals surface area (Å²) in [6, 6.07) is 2.76. The summed E-state index contributed by atoms with van der Waals surface area (Å²) in [6.07, 6.45) is 14.0. The number of unbranched alkanes of at least 4 members (excludes halogenated alkanes) is 10. The number of benzene rings is 1. The average Bonchev–Trinajstić information content (AvgIpc) is 2.85. The van der Waals surface area contributed by atoms with E-state index in [1.54, 1.807) is 13.0 Å². The lowest BCUT2D eigenvalue weighted by molar-refractivity contribution is -0.142. The summed E-state index contributed by atoms with van der Waals surface area (Å²) in [5.74, 6) is -0.855. The van der Waals surface area contributed by atoms with Gasteiger partial charge < -0.3 is 4.74 Å². The molecule has 0 radical (unpaired) electrons. The van der Waals surface area contributed by atoms with Crippen LogP contribution in [0.2, 0.25) is 5.02 Å². The number of halogens is 1. The van der Waals surface area contributed by atoms with E-state index in [2.05, 4.69) is 6.92 Å². The van der Waals surface area contributed by atoms with Crippen molar-refractivity contribution in [2.45, 2.75) is 111 Å². The molecule has 0 saturated heterocycles. The Morgan fingerprint density at radius 2 is 1.49 bits per heavy atom. The van der Waals surface area contributed by atoms with Gasteiger partial charge in [-0.25, -0.2) is 4.79 Å². The van der Waals surface area contributed by atoms with Crippen LogP contribution in [-0.2, 0) is 19.1 Å². The highest BCUT2D eigenvalue weighted by Gasteiger charge is 2.31. The van der Waals surface area contributed by atoms with E-state index >= 15 is 0 Å². The molecule has 0 aliphatic rings. The summed E-state index contributed by atoms with van der Waals surface area (Å²) in [5.41, 5.74) is 2.14. The van der Waals surface area contributed by atoms with E-state index in [4.69, 9.17) is 16.3 Å². The van der Waals surface area contributed by atoms with E-state index in [0.29, 0.717) is 22.7 Å². The highest BCUT2D eigenvalue weighted by atomic mass is 35.5. The van der Waals surface area contributed by atoms with Crippen LogP contribution in [0.15, 0.2) is 12.1 Å². The summed E-state index contributed by atoms with van der Waals surface area (Å²) < 4.78 is 4.88. The number of anilines is 1. The highest BCUT2D eigenvalue weighted by molar-refractivity contribution is 8.14. The van der Waals surface area contributed by atoms with Gasteiger partial charge in [0.15, 0.2) is 5.12 Å². The van der Waals surface area contributed by atoms with Crippen LogP contribution in [0.4, 0.5) is 5.69 Å². The second-order valence-electron chi connectivity index (χ2n) is 9.25. The summed E-state index contributed by atoms with van der Waals surface area (Å²) in [6.45, 7) is 7.55. The first kappa shape index (κ1) is 31.5. The van der Waals surface area contributed by atoms with E-state index in [1.165, 1.54) is 63.4 Å². The molecule has 0 aliphatic heterocycles. The van der Waals surface area contributed by atoms with Crippen LogP contribution >= 0.6 is 23.4 Å². The number of aryl methyl sites for hydroxylation is 1. The van der Waals surface area contributed by atoms with Gasteiger partial charge in [0.1, 0.15) is 6.04 Å². The highest BCUT2D eigenvalue weighted by Crippen LogP contribution is 2.32. The van der Waals surface area contributed by atoms with Crippen LogP contribution in [0.5, 0.6) is 0 Å². The Labute approximate surface area is 221 Å². The lowest BCUT2D eigenvalue weighted by Crippen LogP contribution is -2.45. The number of esters is 1. The quantitative estimate of drug-likeness (QED) is 0.153. The van der Waals surface area contributed by atoms with Crippen molar-refractivity contribution >= 4 is 46.0 Å². The Kier molecular flexibility index (Phi) is 16.0. The molecule has 35 heavy (non-hydrogen) atoms. The maximum Gasteiger partial charge on any atom is 0.328 e. The fourth-order valence-electron chi connectivity index (χ4n) is 4.21. The van der Waals surface area contributed by atoms with Crippen molar-refractivity contribution in [2.24, 2.45) is 0 Å². The average molecular weight is 526 g/mol. The molecule has 0 spiro atoms. The molecule has 1 atom stereocenters. The first-order valence-corrected chi connectivity index (χ1v) is 14.4. The van der Waals surface area contributed by atoms with Crippen molar-refractivity contribution in [3.63, 3.8) is 0 Å². The van der Waals surface area contributed by atoms with Gasteiger partial charge in [-0.1, -0.05) is 101 Å². The number of methoxy groups -OCH3 is 1. The Balaban J connectivity index is 2.49. The van der Waals surface area contributed by atoms with Gasteiger partial charge in [-0.15, -0.1) is 0 Å². The van der Waals surface area contributed by atoms with Crippen molar-refractivity contribution in [1.29, 1.82) is 0 Å². The monoisotopic (exact) mass is 525 g/mol. The van der Waals surface area contributed by atoms with Crippen molar-refractivity contribution in [3.05, 3.63) is 28.3 Å². The molecule has 0 heterocycles. The molecule has 0 saturated carbocycles. The van der Waals surface area contributed by atoms with E-state index in [-0.39, 0.29) is 16.8 Å². The first-order valence-electron chi connectivity index (χ1n) is 13.1. The Morgan fingerprint density at radius 3 is 2.03 bits per heavy atom. The van der Waals surface area contributed by atoms with Gasteiger partial charge in [0.2, 0.25) is 5.91 Å². The minimum Gasteiger partial charge on any atom is -0.467 e. The molecular formula is C28H44ClNO4S. The van der Waals surface area contributed by atoms with Gasteiger partial charge in [-0.05, 0) is 44.4 Å².